The maximum absolute atomic E-state index is 12.8. The van der Waals surface area contributed by atoms with Gasteiger partial charge < -0.3 is 0 Å². The number of dihydropyridines is 1. The van der Waals surface area contributed by atoms with Crippen LogP contribution in [0.2, 0.25) is 0 Å². The summed E-state index contributed by atoms with van der Waals surface area (Å²) in [6.07, 6.45) is 5.39. The van der Waals surface area contributed by atoms with Gasteiger partial charge in [-0.25, -0.2) is 4.79 Å². The molecule has 2 aliphatic rings. The van der Waals surface area contributed by atoms with Gasteiger partial charge in [-0.3, -0.25) is 9.78 Å². The summed E-state index contributed by atoms with van der Waals surface area (Å²) in [4.78, 5) is 35.9. The molecule has 2 aliphatic heterocycles. The van der Waals surface area contributed by atoms with Crippen molar-refractivity contribution in [2.24, 2.45) is 10.9 Å². The molecule has 0 aromatic carbocycles. The quantitative estimate of drug-likeness (QED) is 0.760. The van der Waals surface area contributed by atoms with E-state index in [1.54, 1.807) is 31.2 Å². The highest BCUT2D eigenvalue weighted by Crippen LogP contribution is 2.37. The van der Waals surface area contributed by atoms with Gasteiger partial charge in [0.1, 0.15) is 6.21 Å². The van der Waals surface area contributed by atoms with Crippen molar-refractivity contribution < 1.29 is 14.2 Å². The van der Waals surface area contributed by atoms with Gasteiger partial charge in [0.05, 0.1) is 19.8 Å². The Kier molecular flexibility index (Phi) is 5.13. The van der Waals surface area contributed by atoms with Crippen LogP contribution >= 0.6 is 11.8 Å². The molecule has 0 aliphatic carbocycles. The van der Waals surface area contributed by atoms with Crippen molar-refractivity contribution in [1.29, 1.82) is 0 Å². The van der Waals surface area contributed by atoms with Crippen LogP contribution in [-0.4, -0.2) is 52.5 Å². The number of hydrogen-bond acceptors (Lipinski definition) is 5. The summed E-state index contributed by atoms with van der Waals surface area (Å²) in [6.45, 7) is 2.10. The number of amidine groups is 1. The van der Waals surface area contributed by atoms with E-state index in [0.29, 0.717) is 11.6 Å². The fourth-order valence-electron chi connectivity index (χ4n) is 2.97. The molecule has 7 heteroatoms. The van der Waals surface area contributed by atoms with E-state index in [-0.39, 0.29) is 11.9 Å². The number of carbonyl (C=O) groups is 2. The largest absolute Gasteiger partial charge is 0.445 e. The smallest absolute Gasteiger partial charge is 0.260 e. The molecule has 3 heterocycles. The van der Waals surface area contributed by atoms with E-state index >= 15 is 0 Å². The Balaban J connectivity index is 1.99. The maximum atomic E-state index is 12.8. The molecule has 1 atom stereocenters. The van der Waals surface area contributed by atoms with E-state index in [1.807, 2.05) is 18.2 Å². The van der Waals surface area contributed by atoms with Crippen LogP contribution in [0, 0.1) is 5.92 Å². The summed E-state index contributed by atoms with van der Waals surface area (Å²) < 4.78 is 1.46. The second-order valence-corrected chi connectivity index (χ2v) is 7.05. The molecule has 0 bridgehead atoms. The first kappa shape index (κ1) is 17.5. The fourth-order valence-corrected chi connectivity index (χ4v) is 4.15. The average molecular weight is 357 g/mol. The number of aliphatic imine (C=N–C) groups is 1. The van der Waals surface area contributed by atoms with Crippen LogP contribution in [0.15, 0.2) is 39.9 Å². The number of fused-ring (bicyclic) bond motifs is 1. The maximum Gasteiger partial charge on any atom is 0.445 e. The number of imide groups is 1. The second kappa shape index (κ2) is 7.31. The first-order valence-electron chi connectivity index (χ1n) is 8.26. The van der Waals surface area contributed by atoms with E-state index in [4.69, 9.17) is 0 Å². The van der Waals surface area contributed by atoms with Crippen LogP contribution in [0.4, 0.5) is 4.79 Å². The molecule has 0 spiro atoms. The zero-order valence-corrected chi connectivity index (χ0v) is 15.4. The van der Waals surface area contributed by atoms with Crippen LogP contribution in [0.1, 0.15) is 25.5 Å². The third-order valence-electron chi connectivity index (χ3n) is 4.31. The van der Waals surface area contributed by atoms with E-state index in [2.05, 4.69) is 16.9 Å². The highest BCUT2D eigenvalue weighted by atomic mass is 32.2. The minimum Gasteiger partial charge on any atom is -0.260 e. The zero-order valence-electron chi connectivity index (χ0n) is 14.6. The summed E-state index contributed by atoms with van der Waals surface area (Å²) in [5.41, 5.74) is 2.03. The Morgan fingerprint density at radius 2 is 2.12 bits per heavy atom. The zero-order chi connectivity index (χ0) is 18.0. The number of carbonyl (C=O) groups excluding carboxylic acids is 2. The summed E-state index contributed by atoms with van der Waals surface area (Å²) in [5.74, 6) is 0.465. The molecule has 130 valence electrons. The lowest BCUT2D eigenvalue weighted by atomic mass is 9.96. The van der Waals surface area contributed by atoms with Crippen molar-refractivity contribution in [2.45, 2.75) is 25.5 Å². The molecule has 3 rings (SSSR count). The van der Waals surface area contributed by atoms with Gasteiger partial charge in [0, 0.05) is 16.9 Å². The summed E-state index contributed by atoms with van der Waals surface area (Å²) in [7, 11) is 3.19. The molecule has 1 aromatic rings. The van der Waals surface area contributed by atoms with Gasteiger partial charge >= 0.3 is 11.9 Å². The van der Waals surface area contributed by atoms with Gasteiger partial charge in [0.15, 0.2) is 5.92 Å². The number of aromatic nitrogens is 1. The van der Waals surface area contributed by atoms with Crippen molar-refractivity contribution in [2.75, 3.05) is 14.1 Å². The van der Waals surface area contributed by atoms with Gasteiger partial charge in [-0.2, -0.15) is 9.48 Å². The molecule has 3 amide bonds. The van der Waals surface area contributed by atoms with Crippen molar-refractivity contribution >= 4 is 35.8 Å². The predicted octanol–water partition coefficient (Wildman–Crippen LogP) is 2.70. The van der Waals surface area contributed by atoms with Gasteiger partial charge in [-0.1, -0.05) is 19.4 Å². The van der Waals surface area contributed by atoms with Crippen LogP contribution < -0.4 is 0 Å². The Morgan fingerprint density at radius 1 is 1.32 bits per heavy atom. The van der Waals surface area contributed by atoms with Crippen LogP contribution in [0.25, 0.3) is 0 Å². The molecule has 0 saturated heterocycles. The topological polar surface area (TPSA) is 65.6 Å². The van der Waals surface area contributed by atoms with E-state index < -0.39 is 5.92 Å². The molecular weight excluding hydrogens is 336 g/mol. The highest BCUT2D eigenvalue weighted by molar-refractivity contribution is 8.02. The molecular formula is C18H21N4O2S+. The first-order valence-corrected chi connectivity index (χ1v) is 9.25. The van der Waals surface area contributed by atoms with Crippen LogP contribution in [-0.2, 0) is 10.5 Å². The fraction of sp³-hybridized carbons (Fsp3) is 0.389. The minimum absolute atomic E-state index is 0.216. The van der Waals surface area contributed by atoms with Crippen molar-refractivity contribution in [3.05, 3.63) is 40.6 Å². The Hall–Kier alpha value is -2.28. The van der Waals surface area contributed by atoms with Gasteiger partial charge in [-0.05, 0) is 24.1 Å². The first-order chi connectivity index (χ1) is 12.0. The molecule has 1 unspecified atom stereocenters. The van der Waals surface area contributed by atoms with Gasteiger partial charge in [0.2, 0.25) is 0 Å². The predicted molar refractivity (Wildman–Crippen MR) is 98.8 cm³/mol. The molecule has 25 heavy (non-hydrogen) atoms. The molecule has 0 radical (unpaired) electrons. The Bertz CT molecular complexity index is 799. The lowest BCUT2D eigenvalue weighted by molar-refractivity contribution is -0.407. The number of nitrogens with zero attached hydrogens (tertiary/aromatic N) is 4. The van der Waals surface area contributed by atoms with Gasteiger partial charge in [-0.15, -0.1) is 16.8 Å². The normalized spacial score (nSPS) is 20.4. The number of allylic oxidation sites excluding steroid dienone is 1. The monoisotopic (exact) mass is 357 g/mol. The minimum atomic E-state index is -0.507. The number of amides is 3. The number of thioether (sulfide) groups is 1. The van der Waals surface area contributed by atoms with Crippen molar-refractivity contribution in [3.8, 4) is 0 Å². The Labute approximate surface area is 151 Å². The molecule has 0 saturated carbocycles. The molecule has 0 N–H and O–H groups in total. The van der Waals surface area contributed by atoms with Gasteiger partial charge in [0.25, 0.3) is 5.84 Å². The average Bonchev–Trinajstić information content (AvgIpc) is 2.64. The molecule has 6 nitrogen and oxygen atoms in total. The number of rotatable bonds is 5. The van der Waals surface area contributed by atoms with E-state index in [9.17, 15) is 9.59 Å². The lowest BCUT2D eigenvalue weighted by Gasteiger charge is -2.28. The summed E-state index contributed by atoms with van der Waals surface area (Å²) >= 11 is 1.61. The third kappa shape index (κ3) is 3.28. The van der Waals surface area contributed by atoms with E-state index in [0.717, 1.165) is 29.0 Å². The molecule has 0 fully saturated rings. The Morgan fingerprint density at radius 3 is 2.80 bits per heavy atom. The van der Waals surface area contributed by atoms with Crippen LogP contribution in [0.5, 0.6) is 0 Å². The SMILES string of the molecule is CCCC1=C(SCc2ccccn2)C2C(=O)N(C)C(=O)[N+](C)=C2N=C1. The standard InChI is InChI=1S/C18H21N4O2S/c1-4-7-12-10-20-16-14(17(23)22(3)18(24)21(16)2)15(12)25-11-13-8-5-6-9-19-13/h5-6,8-10,14H,4,7,11H2,1-3H3/q+1. The number of urea groups is 1. The third-order valence-corrected chi connectivity index (χ3v) is 5.55. The molecule has 1 aromatic heterocycles. The number of hydrogen-bond donors (Lipinski definition) is 0. The summed E-state index contributed by atoms with van der Waals surface area (Å²) in [6, 6.07) is 5.46. The van der Waals surface area contributed by atoms with Crippen molar-refractivity contribution in [1.82, 2.24) is 9.88 Å². The second-order valence-electron chi connectivity index (χ2n) is 6.04. The lowest BCUT2D eigenvalue weighted by Crippen LogP contribution is -2.52. The van der Waals surface area contributed by atoms with Crippen molar-refractivity contribution in [3.63, 3.8) is 0 Å². The number of pyridine rings is 1. The summed E-state index contributed by atoms with van der Waals surface area (Å²) in [5, 5.41) is 0. The highest BCUT2D eigenvalue weighted by Gasteiger charge is 2.48. The van der Waals surface area contributed by atoms with Crippen LogP contribution in [0.3, 0.4) is 0 Å². The van der Waals surface area contributed by atoms with E-state index in [1.165, 1.54) is 16.5 Å².